The van der Waals surface area contributed by atoms with E-state index in [1.165, 1.54) is 24.4 Å². The van der Waals surface area contributed by atoms with Gasteiger partial charge in [0, 0.05) is 37.9 Å². The van der Waals surface area contributed by atoms with Crippen molar-refractivity contribution in [2.45, 2.75) is 24.2 Å². The average Bonchev–Trinajstić information content (AvgIpc) is 3.02. The molecule has 9 nitrogen and oxygen atoms in total. The number of nitrogens with zero attached hydrogens (tertiary/aromatic N) is 2. The second-order valence-electron chi connectivity index (χ2n) is 5.92. The number of rotatable bonds is 8. The highest BCUT2D eigenvalue weighted by Gasteiger charge is 2.19. The number of nitriles is 1. The summed E-state index contributed by atoms with van der Waals surface area (Å²) >= 11 is 0. The van der Waals surface area contributed by atoms with Crippen molar-refractivity contribution in [2.24, 2.45) is 0 Å². The van der Waals surface area contributed by atoms with Crippen LogP contribution in [0.3, 0.4) is 0 Å². The summed E-state index contributed by atoms with van der Waals surface area (Å²) in [6.45, 7) is 1.87. The predicted octanol–water partition coefficient (Wildman–Crippen LogP) is 0.881. The molecule has 3 N–H and O–H groups in total. The van der Waals surface area contributed by atoms with Crippen molar-refractivity contribution in [3.63, 3.8) is 0 Å². The number of benzene rings is 1. The number of likely N-dealkylation sites (tertiary alicyclic amines) is 1. The molecule has 1 aliphatic heterocycles. The third-order valence-corrected chi connectivity index (χ3v) is 4.77. The van der Waals surface area contributed by atoms with Crippen molar-refractivity contribution in [1.29, 1.82) is 5.26 Å². The van der Waals surface area contributed by atoms with E-state index in [9.17, 15) is 18.0 Å². The first-order chi connectivity index (χ1) is 12.8. The molecule has 0 aliphatic carbocycles. The zero-order valence-corrected chi connectivity index (χ0v) is 15.3. The molecular formula is C17H20N4O5S. The van der Waals surface area contributed by atoms with Crippen molar-refractivity contribution in [3.8, 4) is 6.07 Å². The van der Waals surface area contributed by atoms with E-state index in [2.05, 4.69) is 10.6 Å². The maximum Gasteiger partial charge on any atom is 0.294 e. The Morgan fingerprint density at radius 1 is 1.41 bits per heavy atom. The molecule has 144 valence electrons. The van der Waals surface area contributed by atoms with Gasteiger partial charge < -0.3 is 15.5 Å². The third-order valence-electron chi connectivity index (χ3n) is 3.92. The third kappa shape index (κ3) is 6.09. The van der Waals surface area contributed by atoms with Crippen LogP contribution in [0, 0.1) is 11.3 Å². The first-order valence-corrected chi connectivity index (χ1v) is 9.75. The van der Waals surface area contributed by atoms with Crippen LogP contribution in [0.15, 0.2) is 40.9 Å². The molecule has 0 saturated carbocycles. The molecule has 2 amide bonds. The minimum atomic E-state index is -4.39. The molecule has 0 atom stereocenters. The van der Waals surface area contributed by atoms with Crippen LogP contribution in [0.4, 0.5) is 5.69 Å². The van der Waals surface area contributed by atoms with Gasteiger partial charge in [0.1, 0.15) is 11.6 Å². The van der Waals surface area contributed by atoms with Crippen molar-refractivity contribution >= 4 is 27.6 Å². The summed E-state index contributed by atoms with van der Waals surface area (Å²) in [6, 6.07) is 6.81. The molecule has 0 aromatic heterocycles. The SMILES string of the molecule is N#C/C(=C/NCCCN1CCCC1=O)C(=O)Nc1cccc(S(=O)(=O)O)c1. The second kappa shape index (κ2) is 9.16. The van der Waals surface area contributed by atoms with E-state index in [0.29, 0.717) is 25.9 Å². The van der Waals surface area contributed by atoms with E-state index in [4.69, 9.17) is 9.81 Å². The van der Waals surface area contributed by atoms with Gasteiger partial charge in [-0.3, -0.25) is 14.1 Å². The van der Waals surface area contributed by atoms with Gasteiger partial charge in [-0.25, -0.2) is 0 Å². The number of hydrogen-bond donors (Lipinski definition) is 3. The summed E-state index contributed by atoms with van der Waals surface area (Å²) in [5, 5.41) is 14.4. The Morgan fingerprint density at radius 2 is 2.19 bits per heavy atom. The lowest BCUT2D eigenvalue weighted by Gasteiger charge is -2.14. The second-order valence-corrected chi connectivity index (χ2v) is 7.34. The first kappa shape index (κ1) is 20.4. The molecule has 0 spiro atoms. The molecule has 2 rings (SSSR count). The summed E-state index contributed by atoms with van der Waals surface area (Å²) < 4.78 is 31.3. The molecular weight excluding hydrogens is 372 g/mol. The molecule has 10 heteroatoms. The van der Waals surface area contributed by atoms with E-state index in [1.807, 2.05) is 0 Å². The monoisotopic (exact) mass is 392 g/mol. The van der Waals surface area contributed by atoms with Crippen molar-refractivity contribution in [2.75, 3.05) is 25.0 Å². The molecule has 27 heavy (non-hydrogen) atoms. The van der Waals surface area contributed by atoms with Crippen LogP contribution >= 0.6 is 0 Å². The molecule has 0 unspecified atom stereocenters. The van der Waals surface area contributed by atoms with Crippen LogP contribution in [0.5, 0.6) is 0 Å². The summed E-state index contributed by atoms with van der Waals surface area (Å²) in [5.41, 5.74) is -0.0617. The maximum absolute atomic E-state index is 12.1. The average molecular weight is 392 g/mol. The molecule has 1 aliphatic rings. The van der Waals surface area contributed by atoms with E-state index in [-0.39, 0.29) is 22.1 Å². The predicted molar refractivity (Wildman–Crippen MR) is 97.0 cm³/mol. The zero-order chi connectivity index (χ0) is 19.9. The number of carbonyl (C=O) groups excluding carboxylic acids is 2. The highest BCUT2D eigenvalue weighted by molar-refractivity contribution is 7.85. The van der Waals surface area contributed by atoms with Gasteiger partial charge in [0.15, 0.2) is 0 Å². The maximum atomic E-state index is 12.1. The van der Waals surface area contributed by atoms with Gasteiger partial charge in [0.25, 0.3) is 16.0 Å². The van der Waals surface area contributed by atoms with Crippen LogP contribution in [0.2, 0.25) is 0 Å². The Balaban J connectivity index is 1.87. The lowest BCUT2D eigenvalue weighted by molar-refractivity contribution is -0.127. The lowest BCUT2D eigenvalue weighted by Crippen LogP contribution is -2.27. The van der Waals surface area contributed by atoms with E-state index in [1.54, 1.807) is 11.0 Å². The number of carbonyl (C=O) groups is 2. The van der Waals surface area contributed by atoms with Crippen molar-refractivity contribution in [3.05, 3.63) is 36.0 Å². The fourth-order valence-corrected chi connectivity index (χ4v) is 3.09. The molecule has 1 saturated heterocycles. The molecule has 0 bridgehead atoms. The normalized spacial score (nSPS) is 14.7. The number of hydrogen-bond acceptors (Lipinski definition) is 6. The topological polar surface area (TPSA) is 140 Å². The van der Waals surface area contributed by atoms with Gasteiger partial charge in [0.2, 0.25) is 5.91 Å². The molecule has 1 heterocycles. The number of amides is 2. The Bertz CT molecular complexity index is 889. The standard InChI is InChI=1S/C17H20N4O5S/c18-11-13(12-19-7-3-9-21-8-2-6-16(21)22)17(23)20-14-4-1-5-15(10-14)27(24,25)26/h1,4-5,10,12,19H,2-3,6-9H2,(H,20,23)(H,24,25,26)/b13-12-. The van der Waals surface area contributed by atoms with E-state index >= 15 is 0 Å². The van der Waals surface area contributed by atoms with Crippen LogP contribution in [-0.2, 0) is 19.7 Å². The van der Waals surface area contributed by atoms with Gasteiger partial charge in [-0.05, 0) is 31.0 Å². The molecule has 1 fully saturated rings. The summed E-state index contributed by atoms with van der Waals surface area (Å²) in [5.74, 6) is -0.568. The fraction of sp³-hybridized carbons (Fsp3) is 0.353. The van der Waals surface area contributed by atoms with Crippen LogP contribution in [0.25, 0.3) is 0 Å². The molecule has 1 aromatic rings. The number of nitrogens with one attached hydrogen (secondary N) is 2. The summed E-state index contributed by atoms with van der Waals surface area (Å²) in [6.07, 6.45) is 3.42. The Morgan fingerprint density at radius 3 is 2.81 bits per heavy atom. The highest BCUT2D eigenvalue weighted by Crippen LogP contribution is 2.15. The van der Waals surface area contributed by atoms with Crippen LogP contribution in [-0.4, -0.2) is 49.3 Å². The minimum absolute atomic E-state index is 0.129. The van der Waals surface area contributed by atoms with Crippen LogP contribution < -0.4 is 10.6 Å². The van der Waals surface area contributed by atoms with Gasteiger partial charge in [-0.1, -0.05) is 6.07 Å². The van der Waals surface area contributed by atoms with Gasteiger partial charge in [-0.2, -0.15) is 13.7 Å². The Hall–Kier alpha value is -2.90. The van der Waals surface area contributed by atoms with Crippen molar-refractivity contribution in [1.82, 2.24) is 10.2 Å². The van der Waals surface area contributed by atoms with Gasteiger partial charge in [0.05, 0.1) is 4.90 Å². The van der Waals surface area contributed by atoms with E-state index < -0.39 is 16.0 Å². The molecule has 1 aromatic carbocycles. The van der Waals surface area contributed by atoms with E-state index in [0.717, 1.165) is 19.0 Å². The minimum Gasteiger partial charge on any atom is -0.390 e. The largest absolute Gasteiger partial charge is 0.390 e. The van der Waals surface area contributed by atoms with Crippen molar-refractivity contribution < 1.29 is 22.6 Å². The van der Waals surface area contributed by atoms with Gasteiger partial charge in [-0.15, -0.1) is 0 Å². The fourth-order valence-electron chi connectivity index (χ4n) is 2.57. The highest BCUT2D eigenvalue weighted by atomic mass is 32.2. The molecule has 0 radical (unpaired) electrons. The number of anilines is 1. The van der Waals surface area contributed by atoms with Crippen LogP contribution in [0.1, 0.15) is 19.3 Å². The summed E-state index contributed by atoms with van der Waals surface area (Å²) in [4.78, 5) is 25.0. The zero-order valence-electron chi connectivity index (χ0n) is 14.5. The first-order valence-electron chi connectivity index (χ1n) is 8.31. The van der Waals surface area contributed by atoms with Gasteiger partial charge >= 0.3 is 0 Å². The summed E-state index contributed by atoms with van der Waals surface area (Å²) in [7, 11) is -4.39. The quantitative estimate of drug-likeness (QED) is 0.258. The Kier molecular flexibility index (Phi) is 6.92. The Labute approximate surface area is 157 Å². The lowest BCUT2D eigenvalue weighted by atomic mass is 10.2. The smallest absolute Gasteiger partial charge is 0.294 e.